The first-order valence-electron chi connectivity index (χ1n) is 7.91. The van der Waals surface area contributed by atoms with Gasteiger partial charge in [0.1, 0.15) is 12.4 Å². The summed E-state index contributed by atoms with van der Waals surface area (Å²) in [7, 11) is 1.57. The van der Waals surface area contributed by atoms with Crippen molar-refractivity contribution in [3.8, 4) is 11.5 Å². The predicted octanol–water partition coefficient (Wildman–Crippen LogP) is 5.03. The Labute approximate surface area is 171 Å². The first-order valence-corrected chi connectivity index (χ1v) is 9.08. The number of ether oxygens (including phenoxy) is 2. The molecule has 0 aliphatic heterocycles. The van der Waals surface area contributed by atoms with Crippen molar-refractivity contribution >= 4 is 41.6 Å². The third-order valence-electron chi connectivity index (χ3n) is 3.76. The molecule has 0 saturated heterocycles. The number of benzene rings is 2. The molecule has 0 atom stereocenters. The topological polar surface area (TPSA) is 64.4 Å². The van der Waals surface area contributed by atoms with Crippen molar-refractivity contribution in [2.75, 3.05) is 7.11 Å². The van der Waals surface area contributed by atoms with E-state index >= 15 is 0 Å². The summed E-state index contributed by atoms with van der Waals surface area (Å²) in [5.74, 6) is 1.80. The normalized spacial score (nSPS) is 11.1. The van der Waals surface area contributed by atoms with E-state index in [-0.39, 0.29) is 6.61 Å². The van der Waals surface area contributed by atoms with Crippen molar-refractivity contribution < 1.29 is 9.47 Å². The molecule has 27 heavy (non-hydrogen) atoms. The van der Waals surface area contributed by atoms with Gasteiger partial charge in [-0.15, -0.1) is 0 Å². The summed E-state index contributed by atoms with van der Waals surface area (Å²) in [6.07, 6.45) is 1.66. The van der Waals surface area contributed by atoms with Crippen molar-refractivity contribution in [2.24, 2.45) is 5.10 Å². The summed E-state index contributed by atoms with van der Waals surface area (Å²) < 4.78 is 13.2. The fourth-order valence-corrected chi connectivity index (χ4v) is 3.07. The molecule has 1 aromatic heterocycles. The van der Waals surface area contributed by atoms with Crippen molar-refractivity contribution in [3.63, 3.8) is 0 Å². The van der Waals surface area contributed by atoms with Gasteiger partial charge in [0.05, 0.1) is 13.3 Å². The number of nitrogens with zero attached hydrogens (tertiary/aromatic N) is 3. The standard InChI is InChI=1S/C18H16Cl2N4O2S/c1-11-22-23-18(27)24(11)21-9-12-6-7-16(17(8-12)25-2)26-10-13-14(19)4-3-5-15(13)20/h3-9H,10H2,1-2H3,(H,23,27). The average Bonchev–Trinajstić information content (AvgIpc) is 2.98. The molecule has 140 valence electrons. The van der Waals surface area contributed by atoms with E-state index in [0.717, 1.165) is 11.1 Å². The summed E-state index contributed by atoms with van der Waals surface area (Å²) in [5.41, 5.74) is 1.54. The van der Waals surface area contributed by atoms with Crippen LogP contribution in [0.25, 0.3) is 0 Å². The number of nitrogens with one attached hydrogen (secondary N) is 1. The molecule has 0 spiro atoms. The molecule has 0 bridgehead atoms. The Kier molecular flexibility index (Phi) is 6.15. The molecule has 0 fully saturated rings. The van der Waals surface area contributed by atoms with E-state index in [4.69, 9.17) is 44.9 Å². The van der Waals surface area contributed by atoms with E-state index in [1.807, 2.05) is 12.1 Å². The van der Waals surface area contributed by atoms with Crippen LogP contribution in [-0.4, -0.2) is 28.2 Å². The summed E-state index contributed by atoms with van der Waals surface area (Å²) in [6.45, 7) is 2.03. The monoisotopic (exact) mass is 422 g/mol. The molecule has 0 aliphatic rings. The number of halogens is 2. The van der Waals surface area contributed by atoms with E-state index in [1.165, 1.54) is 4.68 Å². The Morgan fingerprint density at radius 3 is 2.59 bits per heavy atom. The zero-order chi connectivity index (χ0) is 19.4. The third kappa shape index (κ3) is 4.50. The van der Waals surface area contributed by atoms with E-state index in [0.29, 0.717) is 32.1 Å². The SMILES string of the molecule is COc1cc(C=Nn2c(C)n[nH]c2=S)ccc1OCc1c(Cl)cccc1Cl. The van der Waals surface area contributed by atoms with Crippen LogP contribution in [0, 0.1) is 11.7 Å². The average molecular weight is 423 g/mol. The lowest BCUT2D eigenvalue weighted by Gasteiger charge is -2.13. The van der Waals surface area contributed by atoms with Gasteiger partial charge in [-0.2, -0.15) is 14.9 Å². The van der Waals surface area contributed by atoms with Crippen LogP contribution in [0.5, 0.6) is 11.5 Å². The van der Waals surface area contributed by atoms with E-state index in [9.17, 15) is 0 Å². The number of H-pyrrole nitrogens is 1. The van der Waals surface area contributed by atoms with E-state index in [1.54, 1.807) is 44.5 Å². The number of aromatic nitrogens is 3. The highest BCUT2D eigenvalue weighted by atomic mass is 35.5. The minimum absolute atomic E-state index is 0.228. The zero-order valence-electron chi connectivity index (χ0n) is 14.6. The van der Waals surface area contributed by atoms with Gasteiger partial charge in [0.15, 0.2) is 11.5 Å². The lowest BCUT2D eigenvalue weighted by molar-refractivity contribution is 0.284. The number of hydrogen-bond donors (Lipinski definition) is 1. The summed E-state index contributed by atoms with van der Waals surface area (Å²) in [5, 5.41) is 12.1. The van der Waals surface area contributed by atoms with Gasteiger partial charge in [0.25, 0.3) is 0 Å². The summed E-state index contributed by atoms with van der Waals surface area (Å²) >= 11 is 17.5. The molecule has 0 aliphatic carbocycles. The predicted molar refractivity (Wildman–Crippen MR) is 109 cm³/mol. The van der Waals surface area contributed by atoms with Crippen LogP contribution in [-0.2, 0) is 6.61 Å². The highest BCUT2D eigenvalue weighted by Gasteiger charge is 2.10. The number of hydrogen-bond acceptors (Lipinski definition) is 5. The van der Waals surface area contributed by atoms with Gasteiger partial charge in [-0.1, -0.05) is 29.3 Å². The van der Waals surface area contributed by atoms with Gasteiger partial charge in [-0.25, -0.2) is 0 Å². The van der Waals surface area contributed by atoms with Crippen LogP contribution >= 0.6 is 35.4 Å². The molecule has 2 aromatic carbocycles. The van der Waals surface area contributed by atoms with Gasteiger partial charge < -0.3 is 9.47 Å². The van der Waals surface area contributed by atoms with Crippen molar-refractivity contribution in [1.82, 2.24) is 14.9 Å². The van der Waals surface area contributed by atoms with Crippen LogP contribution in [0.4, 0.5) is 0 Å². The third-order valence-corrected chi connectivity index (χ3v) is 4.73. The lowest BCUT2D eigenvalue weighted by Crippen LogP contribution is -2.00. The second kappa shape index (κ2) is 8.56. The highest BCUT2D eigenvalue weighted by molar-refractivity contribution is 7.71. The molecule has 3 aromatic rings. The molecule has 0 saturated carbocycles. The lowest BCUT2D eigenvalue weighted by atomic mass is 10.2. The van der Waals surface area contributed by atoms with Crippen LogP contribution in [0.1, 0.15) is 17.0 Å². The molecular formula is C18H16Cl2N4O2S. The largest absolute Gasteiger partial charge is 0.493 e. The van der Waals surface area contributed by atoms with Gasteiger partial charge >= 0.3 is 0 Å². The highest BCUT2D eigenvalue weighted by Crippen LogP contribution is 2.31. The molecular weight excluding hydrogens is 407 g/mol. The summed E-state index contributed by atoms with van der Waals surface area (Å²) in [4.78, 5) is 0. The Balaban J connectivity index is 1.79. The second-order valence-corrected chi connectivity index (χ2v) is 6.73. The second-order valence-electron chi connectivity index (χ2n) is 5.53. The van der Waals surface area contributed by atoms with E-state index < -0.39 is 0 Å². The van der Waals surface area contributed by atoms with Crippen LogP contribution in [0.2, 0.25) is 10.0 Å². The van der Waals surface area contributed by atoms with Gasteiger partial charge in [0, 0.05) is 15.6 Å². The molecule has 0 amide bonds. The van der Waals surface area contributed by atoms with Crippen LogP contribution in [0.15, 0.2) is 41.5 Å². The molecule has 1 N–H and O–H groups in total. The minimum Gasteiger partial charge on any atom is -0.493 e. The van der Waals surface area contributed by atoms with Gasteiger partial charge in [-0.05, 0) is 55.0 Å². The minimum atomic E-state index is 0.228. The fourth-order valence-electron chi connectivity index (χ4n) is 2.33. The Morgan fingerprint density at radius 2 is 1.96 bits per heavy atom. The zero-order valence-corrected chi connectivity index (χ0v) is 16.9. The maximum Gasteiger partial charge on any atom is 0.216 e. The van der Waals surface area contributed by atoms with E-state index in [2.05, 4.69) is 15.3 Å². The molecule has 3 rings (SSSR count). The molecule has 9 heteroatoms. The Bertz CT molecular complexity index is 1030. The maximum absolute atomic E-state index is 6.18. The quantitative estimate of drug-likeness (QED) is 0.447. The number of methoxy groups -OCH3 is 1. The maximum atomic E-state index is 6.18. The summed E-state index contributed by atoms with van der Waals surface area (Å²) in [6, 6.07) is 10.8. The first-order chi connectivity index (χ1) is 13.0. The van der Waals surface area contributed by atoms with Crippen LogP contribution < -0.4 is 9.47 Å². The number of rotatable bonds is 6. The van der Waals surface area contributed by atoms with Crippen molar-refractivity contribution in [2.45, 2.75) is 13.5 Å². The van der Waals surface area contributed by atoms with Crippen molar-refractivity contribution in [1.29, 1.82) is 0 Å². The molecule has 1 heterocycles. The van der Waals surface area contributed by atoms with Gasteiger partial charge in [-0.3, -0.25) is 5.10 Å². The fraction of sp³-hybridized carbons (Fsp3) is 0.167. The molecule has 6 nitrogen and oxygen atoms in total. The smallest absolute Gasteiger partial charge is 0.216 e. The number of aromatic amines is 1. The van der Waals surface area contributed by atoms with Crippen LogP contribution in [0.3, 0.4) is 0 Å². The Hall–Kier alpha value is -2.35. The Morgan fingerprint density at radius 1 is 1.22 bits per heavy atom. The molecule has 0 radical (unpaired) electrons. The van der Waals surface area contributed by atoms with Gasteiger partial charge in [0.2, 0.25) is 4.77 Å². The molecule has 0 unspecified atom stereocenters. The number of aryl methyl sites for hydroxylation is 1. The van der Waals surface area contributed by atoms with Crippen molar-refractivity contribution in [3.05, 3.63) is 68.2 Å². The first kappa shape index (κ1) is 19.4.